The lowest BCUT2D eigenvalue weighted by molar-refractivity contribution is -0.138. The monoisotopic (exact) mass is 568 g/mol. The summed E-state index contributed by atoms with van der Waals surface area (Å²) in [5, 5.41) is 8.43. The average Bonchev–Trinajstić information content (AvgIpc) is 3.21. The lowest BCUT2D eigenvalue weighted by Gasteiger charge is -2.23. The number of hydrogen-bond donors (Lipinski definition) is 3. The van der Waals surface area contributed by atoms with Crippen molar-refractivity contribution in [1.82, 2.24) is 16.0 Å². The summed E-state index contributed by atoms with van der Waals surface area (Å²) >= 11 is 0. The van der Waals surface area contributed by atoms with Crippen LogP contribution in [0.4, 0.5) is 13.2 Å². The van der Waals surface area contributed by atoms with Crippen LogP contribution < -0.4 is 20.7 Å². The van der Waals surface area contributed by atoms with Crippen LogP contribution in [0.25, 0.3) is 0 Å². The molecule has 0 spiro atoms. The predicted molar refractivity (Wildman–Crippen MR) is 126 cm³/mol. The van der Waals surface area contributed by atoms with E-state index in [1.54, 1.807) is 32.9 Å². The first kappa shape index (κ1) is 27.6. The lowest BCUT2D eigenvalue weighted by atomic mass is 10.1. The lowest BCUT2D eigenvalue weighted by Crippen LogP contribution is -2.41. The van der Waals surface area contributed by atoms with Crippen LogP contribution >= 0.6 is 24.0 Å². The Balaban J connectivity index is 0.00000512. The van der Waals surface area contributed by atoms with Gasteiger partial charge in [-0.2, -0.15) is 13.2 Å². The Morgan fingerprint density at radius 1 is 1.09 bits per heavy atom. The molecule has 0 atom stereocenters. The molecule has 0 saturated carbocycles. The van der Waals surface area contributed by atoms with Crippen molar-refractivity contribution in [3.8, 4) is 5.75 Å². The van der Waals surface area contributed by atoms with Gasteiger partial charge >= 0.3 is 6.18 Å². The zero-order valence-corrected chi connectivity index (χ0v) is 20.6. The Morgan fingerprint density at radius 2 is 1.78 bits per heavy atom. The second kappa shape index (κ2) is 12.0. The summed E-state index contributed by atoms with van der Waals surface area (Å²) in [5.41, 5.74) is -1.33. The first-order chi connectivity index (χ1) is 14.5. The van der Waals surface area contributed by atoms with E-state index in [-0.39, 0.29) is 60.0 Å². The quantitative estimate of drug-likeness (QED) is 0.202. The molecule has 0 aliphatic carbocycles. The molecule has 11 heteroatoms. The minimum Gasteiger partial charge on any atom is -0.488 e. The maximum Gasteiger partial charge on any atom is 0.416 e. The molecule has 1 aromatic heterocycles. The highest BCUT2D eigenvalue weighted by Crippen LogP contribution is 2.35. The van der Waals surface area contributed by atoms with Crippen LogP contribution in [0, 0.1) is 0 Å². The number of benzene rings is 1. The topological polar surface area (TPSA) is 87.9 Å². The molecular weight excluding hydrogens is 540 g/mol. The number of ether oxygens (including phenoxy) is 1. The number of carbonyl (C=O) groups excluding carboxylic acids is 1. The van der Waals surface area contributed by atoms with Crippen molar-refractivity contribution in [2.75, 3.05) is 20.1 Å². The molecule has 0 radical (unpaired) electrons. The van der Waals surface area contributed by atoms with Gasteiger partial charge in [0.2, 0.25) is 0 Å². The predicted octanol–water partition coefficient (Wildman–Crippen LogP) is 4.19. The van der Waals surface area contributed by atoms with E-state index in [4.69, 9.17) is 9.15 Å². The highest BCUT2D eigenvalue weighted by molar-refractivity contribution is 14.0. The molecular formula is C21H28F3IN4O3. The van der Waals surface area contributed by atoms with Gasteiger partial charge in [-0.05, 0) is 50.6 Å². The Hall–Kier alpha value is -2.44. The van der Waals surface area contributed by atoms with Gasteiger partial charge < -0.3 is 25.1 Å². The first-order valence-corrected chi connectivity index (χ1v) is 9.65. The highest BCUT2D eigenvalue weighted by Gasteiger charge is 2.34. The van der Waals surface area contributed by atoms with E-state index >= 15 is 0 Å². The Kier molecular flexibility index (Phi) is 10.3. The van der Waals surface area contributed by atoms with Gasteiger partial charge in [-0.1, -0.05) is 6.07 Å². The van der Waals surface area contributed by atoms with E-state index in [1.807, 2.05) is 0 Å². The zero-order valence-electron chi connectivity index (χ0n) is 18.3. The molecule has 32 heavy (non-hydrogen) atoms. The van der Waals surface area contributed by atoms with Crippen LogP contribution in [0.15, 0.2) is 46.0 Å². The second-order valence-corrected chi connectivity index (χ2v) is 7.62. The molecule has 0 aliphatic rings. The standard InChI is InChI=1S/C21H27F3N4O3.HI/c1-20(2,3)31-15-8-7-14(16(12-15)21(22,23)24)13-28-19(25-4)27-10-9-26-18(29)17-6-5-11-30-17;/h5-8,11-12H,9-10,13H2,1-4H3,(H,26,29)(H2,25,27,28);1H. The SMILES string of the molecule is CN=C(NCCNC(=O)c1ccco1)NCc1ccc(OC(C)(C)C)cc1C(F)(F)F.I. The van der Waals surface area contributed by atoms with Crippen LogP contribution in [0.5, 0.6) is 5.75 Å². The number of hydrogen-bond acceptors (Lipinski definition) is 4. The average molecular weight is 568 g/mol. The van der Waals surface area contributed by atoms with E-state index in [1.165, 1.54) is 25.4 Å². The van der Waals surface area contributed by atoms with E-state index in [2.05, 4.69) is 20.9 Å². The van der Waals surface area contributed by atoms with Crippen molar-refractivity contribution in [3.05, 3.63) is 53.5 Å². The number of halogens is 4. The van der Waals surface area contributed by atoms with Crippen molar-refractivity contribution in [1.29, 1.82) is 0 Å². The number of guanidine groups is 1. The van der Waals surface area contributed by atoms with E-state index in [9.17, 15) is 18.0 Å². The Labute approximate surface area is 202 Å². The van der Waals surface area contributed by atoms with Gasteiger partial charge in [0.05, 0.1) is 11.8 Å². The third kappa shape index (κ3) is 8.97. The first-order valence-electron chi connectivity index (χ1n) is 9.65. The largest absolute Gasteiger partial charge is 0.488 e. The summed E-state index contributed by atoms with van der Waals surface area (Å²) in [4.78, 5) is 15.8. The van der Waals surface area contributed by atoms with Crippen LogP contribution in [-0.2, 0) is 12.7 Å². The third-order valence-electron chi connectivity index (χ3n) is 3.93. The fourth-order valence-electron chi connectivity index (χ4n) is 2.64. The maximum atomic E-state index is 13.5. The number of nitrogens with one attached hydrogen (secondary N) is 3. The molecule has 1 amide bonds. The summed E-state index contributed by atoms with van der Waals surface area (Å²) in [7, 11) is 1.50. The molecule has 0 bridgehead atoms. The minimum atomic E-state index is -4.53. The smallest absolute Gasteiger partial charge is 0.416 e. The molecule has 3 N–H and O–H groups in total. The summed E-state index contributed by atoms with van der Waals surface area (Å²) in [6, 6.07) is 7.05. The fraction of sp³-hybridized carbons (Fsp3) is 0.429. The number of aliphatic imine (C=N–C) groups is 1. The molecule has 0 unspecified atom stereocenters. The zero-order chi connectivity index (χ0) is 23.1. The maximum absolute atomic E-state index is 13.5. The minimum absolute atomic E-state index is 0. The van der Waals surface area contributed by atoms with Crippen LogP contribution in [-0.4, -0.2) is 37.6 Å². The molecule has 0 saturated heterocycles. The molecule has 2 aromatic rings. The molecule has 178 valence electrons. The Morgan fingerprint density at radius 3 is 2.34 bits per heavy atom. The van der Waals surface area contributed by atoms with Gasteiger partial charge in [-0.15, -0.1) is 24.0 Å². The number of amides is 1. The molecule has 0 aliphatic heterocycles. The van der Waals surface area contributed by atoms with Crippen molar-refractivity contribution in [2.45, 2.75) is 39.1 Å². The van der Waals surface area contributed by atoms with Crippen molar-refractivity contribution < 1.29 is 27.1 Å². The second-order valence-electron chi connectivity index (χ2n) is 7.62. The van der Waals surface area contributed by atoms with Crippen molar-refractivity contribution in [3.63, 3.8) is 0 Å². The van der Waals surface area contributed by atoms with E-state index in [0.29, 0.717) is 12.5 Å². The third-order valence-corrected chi connectivity index (χ3v) is 3.93. The summed E-state index contributed by atoms with van der Waals surface area (Å²) in [6.07, 6.45) is -3.13. The molecule has 1 aromatic carbocycles. The summed E-state index contributed by atoms with van der Waals surface area (Å²) in [5.74, 6) is 0.289. The number of rotatable bonds is 7. The number of carbonyl (C=O) groups is 1. The Bertz CT molecular complexity index is 895. The number of furan rings is 1. The van der Waals surface area contributed by atoms with Gasteiger partial charge in [-0.3, -0.25) is 9.79 Å². The highest BCUT2D eigenvalue weighted by atomic mass is 127. The van der Waals surface area contributed by atoms with Gasteiger partial charge in [0.25, 0.3) is 5.91 Å². The fourth-order valence-corrected chi connectivity index (χ4v) is 2.64. The normalized spacial score (nSPS) is 12.0. The van der Waals surface area contributed by atoms with Gasteiger partial charge in [-0.25, -0.2) is 0 Å². The molecule has 1 heterocycles. The van der Waals surface area contributed by atoms with E-state index in [0.717, 1.165) is 6.07 Å². The van der Waals surface area contributed by atoms with Crippen LogP contribution in [0.2, 0.25) is 0 Å². The molecule has 2 rings (SSSR count). The van der Waals surface area contributed by atoms with Crippen LogP contribution in [0.1, 0.15) is 42.5 Å². The number of alkyl halides is 3. The van der Waals surface area contributed by atoms with Gasteiger partial charge in [0, 0.05) is 26.7 Å². The van der Waals surface area contributed by atoms with Crippen molar-refractivity contribution >= 4 is 35.8 Å². The van der Waals surface area contributed by atoms with Gasteiger partial charge in [0.1, 0.15) is 11.4 Å². The summed E-state index contributed by atoms with van der Waals surface area (Å²) < 4.78 is 51.1. The van der Waals surface area contributed by atoms with Crippen molar-refractivity contribution in [2.24, 2.45) is 4.99 Å². The van der Waals surface area contributed by atoms with Crippen LogP contribution in [0.3, 0.4) is 0 Å². The molecule has 0 fully saturated rings. The summed E-state index contributed by atoms with van der Waals surface area (Å²) in [6.45, 7) is 5.79. The molecule has 7 nitrogen and oxygen atoms in total. The van der Waals surface area contributed by atoms with E-state index < -0.39 is 17.3 Å². The van der Waals surface area contributed by atoms with Gasteiger partial charge in [0.15, 0.2) is 11.7 Å². The number of nitrogens with zero attached hydrogens (tertiary/aromatic N) is 1.